The lowest BCUT2D eigenvalue weighted by Crippen LogP contribution is -2.01. The molecule has 0 N–H and O–H groups in total. The molecule has 0 radical (unpaired) electrons. The Morgan fingerprint density at radius 3 is 2.55 bits per heavy atom. The lowest BCUT2D eigenvalue weighted by atomic mass is 9.92. The highest BCUT2D eigenvalue weighted by molar-refractivity contribution is 9.11. The van der Waals surface area contributed by atoms with Crippen LogP contribution in [0, 0.1) is 11.7 Å². The number of hydrogen-bond donors (Lipinski definition) is 0. The molecule has 0 aliphatic rings. The van der Waals surface area contributed by atoms with Crippen LogP contribution < -0.4 is 0 Å². The van der Waals surface area contributed by atoms with Crippen molar-refractivity contribution in [2.45, 2.75) is 52.4 Å². The van der Waals surface area contributed by atoms with E-state index < -0.39 is 0 Å². The first-order valence-electron chi connectivity index (χ1n) is 8.18. The Morgan fingerprint density at radius 1 is 1.14 bits per heavy atom. The van der Waals surface area contributed by atoms with E-state index in [4.69, 9.17) is 0 Å². The van der Waals surface area contributed by atoms with Crippen LogP contribution in [-0.4, -0.2) is 0 Å². The van der Waals surface area contributed by atoms with E-state index in [9.17, 15) is 4.39 Å². The van der Waals surface area contributed by atoms with E-state index in [1.54, 1.807) is 17.4 Å². The second-order valence-electron chi connectivity index (χ2n) is 5.87. The molecule has 1 unspecified atom stereocenters. The van der Waals surface area contributed by atoms with Gasteiger partial charge in [0.25, 0.3) is 0 Å². The van der Waals surface area contributed by atoms with Crippen LogP contribution in [0.4, 0.5) is 4.39 Å². The first-order chi connectivity index (χ1) is 10.6. The summed E-state index contributed by atoms with van der Waals surface area (Å²) in [5.74, 6) is 0.671. The molecule has 1 aromatic heterocycles. The molecule has 0 saturated heterocycles. The van der Waals surface area contributed by atoms with Crippen molar-refractivity contribution in [1.82, 2.24) is 0 Å². The van der Waals surface area contributed by atoms with Gasteiger partial charge in [-0.2, -0.15) is 0 Å². The van der Waals surface area contributed by atoms with Gasteiger partial charge in [0, 0.05) is 10.4 Å². The van der Waals surface area contributed by atoms with Crippen LogP contribution in [0.25, 0.3) is 10.4 Å². The van der Waals surface area contributed by atoms with E-state index in [1.165, 1.54) is 32.1 Å². The number of hydrogen-bond acceptors (Lipinski definition) is 1. The Bertz CT molecular complexity index is 591. The number of benzene rings is 1. The minimum atomic E-state index is -0.103. The number of unbranched alkanes of at least 4 members (excludes halogenated alkanes) is 1. The molecule has 0 spiro atoms. The van der Waals surface area contributed by atoms with Crippen molar-refractivity contribution in [3.63, 3.8) is 0 Å². The molecule has 22 heavy (non-hydrogen) atoms. The van der Waals surface area contributed by atoms with Crippen molar-refractivity contribution in [2.75, 3.05) is 0 Å². The Labute approximate surface area is 145 Å². The maximum absolute atomic E-state index is 14.3. The zero-order chi connectivity index (χ0) is 15.9. The Balaban J connectivity index is 2.00. The Kier molecular flexibility index (Phi) is 7.10. The zero-order valence-electron chi connectivity index (χ0n) is 13.4. The SMILES string of the molecule is CCCCC(CC)CCc1ccc(-c2ccc(Br)s2)c(F)c1. The Morgan fingerprint density at radius 2 is 1.95 bits per heavy atom. The topological polar surface area (TPSA) is 0 Å². The van der Waals surface area contributed by atoms with Crippen molar-refractivity contribution in [3.05, 3.63) is 45.5 Å². The van der Waals surface area contributed by atoms with Crippen molar-refractivity contribution < 1.29 is 4.39 Å². The van der Waals surface area contributed by atoms with Gasteiger partial charge in [0.15, 0.2) is 0 Å². The second kappa shape index (κ2) is 8.83. The standard InChI is InChI=1S/C19H24BrFS/c1-3-5-6-14(4-2)7-8-15-9-10-16(17(21)13-15)18-11-12-19(20)22-18/h9-14H,3-8H2,1-2H3. The van der Waals surface area contributed by atoms with Gasteiger partial charge in [-0.1, -0.05) is 51.7 Å². The zero-order valence-corrected chi connectivity index (χ0v) is 15.8. The van der Waals surface area contributed by atoms with Crippen LogP contribution >= 0.6 is 27.3 Å². The van der Waals surface area contributed by atoms with Crippen LogP contribution in [0.2, 0.25) is 0 Å². The predicted molar refractivity (Wildman–Crippen MR) is 99.0 cm³/mol. The van der Waals surface area contributed by atoms with Crippen LogP contribution in [-0.2, 0) is 6.42 Å². The van der Waals surface area contributed by atoms with E-state index in [0.717, 1.165) is 26.6 Å². The summed E-state index contributed by atoms with van der Waals surface area (Å²) < 4.78 is 15.4. The van der Waals surface area contributed by atoms with Crippen LogP contribution in [0.3, 0.4) is 0 Å². The highest BCUT2D eigenvalue weighted by Crippen LogP contribution is 2.33. The lowest BCUT2D eigenvalue weighted by Gasteiger charge is -2.14. The van der Waals surface area contributed by atoms with Gasteiger partial charge < -0.3 is 0 Å². The normalized spacial score (nSPS) is 12.5. The van der Waals surface area contributed by atoms with Gasteiger partial charge in [-0.05, 0) is 58.5 Å². The third kappa shape index (κ3) is 4.92. The number of halogens is 2. The van der Waals surface area contributed by atoms with Crippen molar-refractivity contribution in [3.8, 4) is 10.4 Å². The summed E-state index contributed by atoms with van der Waals surface area (Å²) in [4.78, 5) is 0.977. The van der Waals surface area contributed by atoms with Crippen LogP contribution in [0.5, 0.6) is 0 Å². The van der Waals surface area contributed by atoms with Gasteiger partial charge in [-0.25, -0.2) is 4.39 Å². The molecular weight excluding hydrogens is 359 g/mol. The summed E-state index contributed by atoms with van der Waals surface area (Å²) >= 11 is 5.00. The maximum Gasteiger partial charge on any atom is 0.132 e. The van der Waals surface area contributed by atoms with E-state index in [1.807, 2.05) is 18.2 Å². The van der Waals surface area contributed by atoms with Gasteiger partial charge in [0.1, 0.15) is 5.82 Å². The average molecular weight is 383 g/mol. The molecule has 120 valence electrons. The van der Waals surface area contributed by atoms with E-state index in [-0.39, 0.29) is 5.82 Å². The predicted octanol–water partition coefficient (Wildman–Crippen LogP) is 7.47. The molecule has 2 aromatic rings. The number of thiophene rings is 1. The van der Waals surface area contributed by atoms with Crippen LogP contribution in [0.15, 0.2) is 34.1 Å². The third-order valence-corrected chi connectivity index (χ3v) is 5.91. The summed E-state index contributed by atoms with van der Waals surface area (Å²) in [6.07, 6.45) is 7.24. The molecule has 1 aromatic carbocycles. The van der Waals surface area contributed by atoms with Crippen molar-refractivity contribution >= 4 is 27.3 Å². The lowest BCUT2D eigenvalue weighted by molar-refractivity contribution is 0.421. The Hall–Kier alpha value is -0.670. The first-order valence-corrected chi connectivity index (χ1v) is 9.79. The quantitative estimate of drug-likeness (QED) is 0.444. The summed E-state index contributed by atoms with van der Waals surface area (Å²) in [5, 5.41) is 0. The molecule has 1 heterocycles. The molecule has 0 amide bonds. The fourth-order valence-corrected chi connectivity index (χ4v) is 4.20. The van der Waals surface area contributed by atoms with Gasteiger partial charge in [0.05, 0.1) is 3.79 Å². The largest absolute Gasteiger partial charge is 0.206 e. The molecule has 0 bridgehead atoms. The van der Waals surface area contributed by atoms with E-state index >= 15 is 0 Å². The number of aryl methyl sites for hydroxylation is 1. The summed E-state index contributed by atoms with van der Waals surface area (Å²) in [5.41, 5.74) is 1.82. The molecule has 2 rings (SSSR count). The van der Waals surface area contributed by atoms with Crippen molar-refractivity contribution in [2.24, 2.45) is 5.92 Å². The summed E-state index contributed by atoms with van der Waals surface area (Å²) in [6, 6.07) is 9.65. The molecule has 0 aliphatic carbocycles. The molecule has 0 nitrogen and oxygen atoms in total. The molecule has 0 saturated carbocycles. The number of rotatable bonds is 8. The van der Waals surface area contributed by atoms with Gasteiger partial charge in [-0.15, -0.1) is 11.3 Å². The van der Waals surface area contributed by atoms with E-state index in [2.05, 4.69) is 35.8 Å². The minimum Gasteiger partial charge on any atom is -0.206 e. The second-order valence-corrected chi connectivity index (χ2v) is 8.34. The smallest absolute Gasteiger partial charge is 0.132 e. The third-order valence-electron chi connectivity index (χ3n) is 4.26. The monoisotopic (exact) mass is 382 g/mol. The van der Waals surface area contributed by atoms with Gasteiger partial charge in [0.2, 0.25) is 0 Å². The molecule has 0 aliphatic heterocycles. The van der Waals surface area contributed by atoms with Crippen molar-refractivity contribution in [1.29, 1.82) is 0 Å². The van der Waals surface area contributed by atoms with Gasteiger partial charge >= 0.3 is 0 Å². The highest BCUT2D eigenvalue weighted by Gasteiger charge is 2.10. The molecule has 0 fully saturated rings. The summed E-state index contributed by atoms with van der Waals surface area (Å²) in [6.45, 7) is 4.50. The van der Waals surface area contributed by atoms with Gasteiger partial charge in [-0.3, -0.25) is 0 Å². The molecule has 1 atom stereocenters. The first kappa shape index (κ1) is 17.7. The highest BCUT2D eigenvalue weighted by atomic mass is 79.9. The fourth-order valence-electron chi connectivity index (χ4n) is 2.79. The molecule has 3 heteroatoms. The maximum atomic E-state index is 14.3. The van der Waals surface area contributed by atoms with E-state index in [0.29, 0.717) is 5.56 Å². The summed E-state index contributed by atoms with van der Waals surface area (Å²) in [7, 11) is 0. The molecular formula is C19H24BrFS. The fraction of sp³-hybridized carbons (Fsp3) is 0.474. The average Bonchev–Trinajstić information content (AvgIpc) is 2.94. The minimum absolute atomic E-state index is 0.103. The van der Waals surface area contributed by atoms with Crippen LogP contribution in [0.1, 0.15) is 51.5 Å².